The predicted molar refractivity (Wildman–Crippen MR) is 129 cm³/mol. The van der Waals surface area contributed by atoms with E-state index in [1.54, 1.807) is 0 Å². The van der Waals surface area contributed by atoms with Gasteiger partial charge in [-0.2, -0.15) is 0 Å². The van der Waals surface area contributed by atoms with Gasteiger partial charge in [0.25, 0.3) is 0 Å². The first-order chi connectivity index (χ1) is 15.9. The van der Waals surface area contributed by atoms with Crippen LogP contribution in [0.3, 0.4) is 0 Å². The zero-order chi connectivity index (χ0) is 23.8. The number of aromatic nitrogens is 1. The van der Waals surface area contributed by atoms with Gasteiger partial charge in [0.2, 0.25) is 5.91 Å². The molecule has 2 aromatic rings. The number of fused-ring (bicyclic) bond motifs is 1. The molecule has 1 saturated heterocycles. The number of benzene rings is 1. The number of pyridine rings is 1. The van der Waals surface area contributed by atoms with Crippen LogP contribution in [0.2, 0.25) is 0 Å². The molecule has 180 valence electrons. The van der Waals surface area contributed by atoms with Gasteiger partial charge in [-0.1, -0.05) is 18.2 Å². The summed E-state index contributed by atoms with van der Waals surface area (Å²) in [4.78, 5) is 32.4. The molecule has 1 aromatic carbocycles. The number of ether oxygens (including phenoxy) is 2. The minimum atomic E-state index is -0.320. The number of carbonyl (C=O) groups excluding carboxylic acids is 2. The molecule has 7 heteroatoms. The number of carbonyl (C=O) groups is 2. The van der Waals surface area contributed by atoms with E-state index in [1.165, 1.54) is 0 Å². The Bertz CT molecular complexity index is 952. The monoisotopic (exact) mass is 455 g/mol. The molecule has 0 atom stereocenters. The lowest BCUT2D eigenvalue weighted by Crippen LogP contribution is -2.41. The predicted octanol–water partition coefficient (Wildman–Crippen LogP) is 3.86. The van der Waals surface area contributed by atoms with Crippen LogP contribution in [0.5, 0.6) is 0 Å². The lowest BCUT2D eigenvalue weighted by Gasteiger charge is -2.31. The summed E-state index contributed by atoms with van der Waals surface area (Å²) in [5.41, 5.74) is 3.11. The molecule has 0 spiro atoms. The summed E-state index contributed by atoms with van der Waals surface area (Å²) in [6.45, 7) is 11.6. The molecule has 2 heterocycles. The number of para-hydroxylation sites is 1. The molecule has 1 aliphatic heterocycles. The fraction of sp³-hybridized carbons (Fsp3) is 0.577. The average molecular weight is 456 g/mol. The molecule has 1 amide bonds. The Morgan fingerprint density at radius 3 is 2.64 bits per heavy atom. The summed E-state index contributed by atoms with van der Waals surface area (Å²) in [6.07, 6.45) is 2.65. The Labute approximate surface area is 196 Å². The van der Waals surface area contributed by atoms with Crippen molar-refractivity contribution in [2.75, 3.05) is 32.8 Å². The van der Waals surface area contributed by atoms with Crippen molar-refractivity contribution in [3.8, 4) is 0 Å². The van der Waals surface area contributed by atoms with Crippen molar-refractivity contribution in [2.45, 2.75) is 59.6 Å². The highest BCUT2D eigenvalue weighted by Crippen LogP contribution is 2.26. The molecule has 0 unspecified atom stereocenters. The van der Waals surface area contributed by atoms with Gasteiger partial charge in [-0.3, -0.25) is 14.7 Å². The van der Waals surface area contributed by atoms with Crippen LogP contribution in [0.4, 0.5) is 0 Å². The first kappa shape index (κ1) is 25.1. The molecule has 0 radical (unpaired) electrons. The fourth-order valence-electron chi connectivity index (χ4n) is 4.34. The number of hydrogen-bond acceptors (Lipinski definition) is 6. The van der Waals surface area contributed by atoms with Gasteiger partial charge in [-0.05, 0) is 71.7 Å². The molecule has 0 bridgehead atoms. The third-order valence-corrected chi connectivity index (χ3v) is 6.11. The average Bonchev–Trinajstić information content (AvgIpc) is 2.79. The SMILES string of the molecule is CCOC(=O)c1c(CN2CCC(C(=O)NCCCOC(C)C)CC2)nc2ccccc2c1C. The van der Waals surface area contributed by atoms with E-state index in [1.807, 2.05) is 52.0 Å². The number of likely N-dealkylation sites (tertiary alicyclic amines) is 1. The van der Waals surface area contributed by atoms with Crippen molar-refractivity contribution >= 4 is 22.8 Å². The van der Waals surface area contributed by atoms with Gasteiger partial charge in [-0.25, -0.2) is 4.79 Å². The van der Waals surface area contributed by atoms with Gasteiger partial charge in [0.1, 0.15) is 0 Å². The van der Waals surface area contributed by atoms with Crippen LogP contribution in [0.1, 0.15) is 61.6 Å². The third kappa shape index (κ3) is 6.74. The number of nitrogens with one attached hydrogen (secondary N) is 1. The maximum atomic E-state index is 12.8. The Kier molecular flexibility index (Phi) is 9.21. The van der Waals surface area contributed by atoms with Crippen molar-refractivity contribution in [3.63, 3.8) is 0 Å². The van der Waals surface area contributed by atoms with E-state index in [2.05, 4.69) is 10.2 Å². The normalized spacial score (nSPS) is 15.2. The Balaban J connectivity index is 1.61. The topological polar surface area (TPSA) is 80.8 Å². The maximum absolute atomic E-state index is 12.8. The van der Waals surface area contributed by atoms with E-state index in [-0.39, 0.29) is 23.9 Å². The largest absolute Gasteiger partial charge is 0.462 e. The van der Waals surface area contributed by atoms with Gasteiger partial charge in [0, 0.05) is 31.0 Å². The van der Waals surface area contributed by atoms with Gasteiger partial charge in [0.15, 0.2) is 0 Å². The number of hydrogen-bond donors (Lipinski definition) is 1. The van der Waals surface area contributed by atoms with Gasteiger partial charge >= 0.3 is 5.97 Å². The van der Waals surface area contributed by atoms with Crippen LogP contribution in [-0.2, 0) is 20.8 Å². The summed E-state index contributed by atoms with van der Waals surface area (Å²) >= 11 is 0. The Morgan fingerprint density at radius 2 is 1.94 bits per heavy atom. The number of amides is 1. The molecule has 3 rings (SSSR count). The third-order valence-electron chi connectivity index (χ3n) is 6.11. The van der Waals surface area contributed by atoms with E-state index in [4.69, 9.17) is 14.5 Å². The summed E-state index contributed by atoms with van der Waals surface area (Å²) in [5.74, 6) is -0.159. The zero-order valence-electron chi connectivity index (χ0n) is 20.4. The second-order valence-corrected chi connectivity index (χ2v) is 8.91. The molecule has 1 N–H and O–H groups in total. The molecule has 1 aromatic heterocycles. The quantitative estimate of drug-likeness (QED) is 0.433. The maximum Gasteiger partial charge on any atom is 0.340 e. The number of esters is 1. The van der Waals surface area contributed by atoms with Crippen LogP contribution in [-0.4, -0.2) is 60.7 Å². The van der Waals surface area contributed by atoms with Gasteiger partial charge in [-0.15, -0.1) is 0 Å². The molecule has 0 aliphatic carbocycles. The summed E-state index contributed by atoms with van der Waals surface area (Å²) in [6, 6.07) is 7.88. The van der Waals surface area contributed by atoms with Crippen molar-refractivity contribution in [1.29, 1.82) is 0 Å². The highest BCUT2D eigenvalue weighted by atomic mass is 16.5. The van der Waals surface area contributed by atoms with Crippen molar-refractivity contribution in [3.05, 3.63) is 41.1 Å². The molecule has 33 heavy (non-hydrogen) atoms. The first-order valence-electron chi connectivity index (χ1n) is 12.1. The molecule has 1 aliphatic rings. The van der Waals surface area contributed by atoms with Gasteiger partial charge < -0.3 is 14.8 Å². The van der Waals surface area contributed by atoms with E-state index >= 15 is 0 Å². The smallest absolute Gasteiger partial charge is 0.340 e. The first-order valence-corrected chi connectivity index (χ1v) is 12.1. The lowest BCUT2D eigenvalue weighted by atomic mass is 9.95. The minimum Gasteiger partial charge on any atom is -0.462 e. The summed E-state index contributed by atoms with van der Waals surface area (Å²) < 4.78 is 10.9. The van der Waals surface area contributed by atoms with Crippen LogP contribution in [0, 0.1) is 12.8 Å². The van der Waals surface area contributed by atoms with Crippen LogP contribution in [0.25, 0.3) is 10.9 Å². The minimum absolute atomic E-state index is 0.0306. The number of piperidine rings is 1. The summed E-state index contributed by atoms with van der Waals surface area (Å²) in [7, 11) is 0. The highest BCUT2D eigenvalue weighted by molar-refractivity contribution is 5.98. The molecular formula is C26H37N3O4. The lowest BCUT2D eigenvalue weighted by molar-refractivity contribution is -0.126. The summed E-state index contributed by atoms with van der Waals surface area (Å²) in [5, 5.41) is 4.02. The van der Waals surface area contributed by atoms with Crippen LogP contribution in [0.15, 0.2) is 24.3 Å². The van der Waals surface area contributed by atoms with E-state index in [0.29, 0.717) is 31.9 Å². The number of aryl methyl sites for hydroxylation is 1. The van der Waals surface area contributed by atoms with E-state index in [9.17, 15) is 9.59 Å². The number of rotatable bonds is 10. The van der Waals surface area contributed by atoms with Crippen LogP contribution < -0.4 is 5.32 Å². The van der Waals surface area contributed by atoms with Crippen molar-refractivity contribution < 1.29 is 19.1 Å². The molecule has 0 saturated carbocycles. The van der Waals surface area contributed by atoms with E-state index in [0.717, 1.165) is 54.5 Å². The molecule has 7 nitrogen and oxygen atoms in total. The second kappa shape index (κ2) is 12.1. The fourth-order valence-corrected chi connectivity index (χ4v) is 4.34. The molecule has 1 fully saturated rings. The van der Waals surface area contributed by atoms with Crippen molar-refractivity contribution in [2.24, 2.45) is 5.92 Å². The number of nitrogens with zero attached hydrogens (tertiary/aromatic N) is 2. The van der Waals surface area contributed by atoms with E-state index < -0.39 is 0 Å². The Morgan fingerprint density at radius 1 is 1.21 bits per heavy atom. The van der Waals surface area contributed by atoms with Crippen LogP contribution >= 0.6 is 0 Å². The zero-order valence-corrected chi connectivity index (χ0v) is 20.4. The Hall–Kier alpha value is -2.51. The standard InChI is InChI=1S/C26H37N3O4/c1-5-32-26(31)24-19(4)21-9-6-7-10-22(21)28-23(24)17-29-14-11-20(12-15-29)25(30)27-13-8-16-33-18(2)3/h6-7,9-10,18,20H,5,8,11-17H2,1-4H3,(H,27,30). The van der Waals surface area contributed by atoms with Crippen molar-refractivity contribution in [1.82, 2.24) is 15.2 Å². The molecular weight excluding hydrogens is 418 g/mol. The second-order valence-electron chi connectivity index (χ2n) is 8.91. The highest BCUT2D eigenvalue weighted by Gasteiger charge is 2.27. The van der Waals surface area contributed by atoms with Gasteiger partial charge in [0.05, 0.1) is 29.5 Å².